The van der Waals surface area contributed by atoms with Crippen molar-refractivity contribution in [1.82, 2.24) is 5.32 Å². The first-order chi connectivity index (χ1) is 13.5. The maximum absolute atomic E-state index is 12.6. The minimum Gasteiger partial charge on any atom is -0.444 e. The number of ether oxygens (including phenoxy) is 2. The number of amides is 1. The third-order valence-corrected chi connectivity index (χ3v) is 4.32. The lowest BCUT2D eigenvalue weighted by Gasteiger charge is -2.22. The van der Waals surface area contributed by atoms with Crippen LogP contribution in [0.2, 0.25) is 5.02 Å². The van der Waals surface area contributed by atoms with Gasteiger partial charge < -0.3 is 19.2 Å². The van der Waals surface area contributed by atoms with Crippen molar-refractivity contribution in [3.63, 3.8) is 0 Å². The molecule has 0 fully saturated rings. The average molecular weight is 424 g/mol. The average Bonchev–Trinajstić information content (AvgIpc) is 2.60. The van der Waals surface area contributed by atoms with Crippen molar-refractivity contribution >= 4 is 34.6 Å². The predicted octanol–water partition coefficient (Wildman–Crippen LogP) is 4.61. The summed E-state index contributed by atoms with van der Waals surface area (Å²) >= 11 is 6.28. The normalized spacial score (nSPS) is 12.5. The van der Waals surface area contributed by atoms with Gasteiger partial charge >= 0.3 is 17.7 Å². The van der Waals surface area contributed by atoms with Crippen LogP contribution in [-0.2, 0) is 16.0 Å². The number of hydrogen-bond donors (Lipinski definition) is 1. The van der Waals surface area contributed by atoms with Crippen LogP contribution in [0.1, 0.15) is 53.0 Å². The lowest BCUT2D eigenvalue weighted by atomic mass is 10.1. The van der Waals surface area contributed by atoms with Crippen LogP contribution in [0.25, 0.3) is 11.0 Å². The van der Waals surface area contributed by atoms with Gasteiger partial charge in [-0.15, -0.1) is 0 Å². The van der Waals surface area contributed by atoms with E-state index >= 15 is 0 Å². The Morgan fingerprint density at radius 2 is 1.90 bits per heavy atom. The van der Waals surface area contributed by atoms with E-state index in [1.54, 1.807) is 26.8 Å². The first-order valence-corrected chi connectivity index (χ1v) is 9.89. The fourth-order valence-corrected chi connectivity index (χ4v) is 2.97. The Labute approximate surface area is 174 Å². The third-order valence-electron chi connectivity index (χ3n) is 4.03. The zero-order valence-corrected chi connectivity index (χ0v) is 18.0. The van der Waals surface area contributed by atoms with E-state index in [1.807, 2.05) is 13.8 Å². The molecule has 0 spiro atoms. The second-order valence-corrected chi connectivity index (χ2v) is 8.04. The number of alkyl carbamates (subject to hydrolysis) is 1. The summed E-state index contributed by atoms with van der Waals surface area (Å²) in [6, 6.07) is 3.51. The summed E-state index contributed by atoms with van der Waals surface area (Å²) in [4.78, 5) is 36.4. The van der Waals surface area contributed by atoms with Gasteiger partial charge in [0.15, 0.2) is 5.75 Å². The Hall–Kier alpha value is -2.54. The largest absolute Gasteiger partial charge is 0.444 e. The lowest BCUT2D eigenvalue weighted by molar-refractivity contribution is -0.137. The summed E-state index contributed by atoms with van der Waals surface area (Å²) in [6.07, 6.45) is 0.903. The van der Waals surface area contributed by atoms with E-state index < -0.39 is 29.3 Å². The Morgan fingerprint density at radius 1 is 1.21 bits per heavy atom. The number of fused-ring (bicyclic) bond motifs is 1. The van der Waals surface area contributed by atoms with Crippen LogP contribution in [0, 0.1) is 0 Å². The predicted molar refractivity (Wildman–Crippen MR) is 111 cm³/mol. The van der Waals surface area contributed by atoms with E-state index in [0.717, 1.165) is 5.56 Å². The van der Waals surface area contributed by atoms with E-state index in [2.05, 4.69) is 5.32 Å². The smallest absolute Gasteiger partial charge is 0.408 e. The molecule has 1 N–H and O–H groups in total. The van der Waals surface area contributed by atoms with Crippen molar-refractivity contribution in [2.24, 2.45) is 0 Å². The highest BCUT2D eigenvalue weighted by Gasteiger charge is 2.26. The van der Waals surface area contributed by atoms with E-state index in [1.165, 1.54) is 12.1 Å². The van der Waals surface area contributed by atoms with Gasteiger partial charge in [-0.3, -0.25) is 0 Å². The molecule has 1 amide bonds. The minimum absolute atomic E-state index is 0.0488. The lowest BCUT2D eigenvalue weighted by Crippen LogP contribution is -2.45. The molecule has 0 saturated carbocycles. The summed E-state index contributed by atoms with van der Waals surface area (Å²) in [5.41, 5.74) is -0.134. The van der Waals surface area contributed by atoms with Gasteiger partial charge in [0.1, 0.15) is 17.2 Å². The summed E-state index contributed by atoms with van der Waals surface area (Å²) < 4.78 is 15.8. The zero-order chi connectivity index (χ0) is 21.8. The molecule has 0 aliphatic heterocycles. The van der Waals surface area contributed by atoms with Gasteiger partial charge in [0.25, 0.3) is 0 Å². The molecule has 1 aromatic heterocycles. The number of carbonyl (C=O) groups excluding carboxylic acids is 2. The highest BCUT2D eigenvalue weighted by atomic mass is 35.5. The van der Waals surface area contributed by atoms with Crippen LogP contribution < -0.4 is 15.7 Å². The summed E-state index contributed by atoms with van der Waals surface area (Å²) in [5, 5.41) is 3.40. The maximum Gasteiger partial charge on any atom is 0.408 e. The molecule has 0 aliphatic rings. The standard InChI is InChI=1S/C21H26ClNO6/c1-6-8-15(23-20(26)29-21(3,4)5)19(25)28-17-11-16-13(10-14(17)22)12(7-2)9-18(24)27-16/h9-11,15H,6-8H2,1-5H3,(H,23,26). The zero-order valence-electron chi connectivity index (χ0n) is 17.3. The molecular formula is C21H26ClNO6. The van der Waals surface area contributed by atoms with Gasteiger partial charge in [-0.2, -0.15) is 0 Å². The second kappa shape index (κ2) is 9.31. The van der Waals surface area contributed by atoms with Crippen molar-refractivity contribution in [3.8, 4) is 5.75 Å². The molecule has 1 unspecified atom stereocenters. The SMILES string of the molecule is CCCC(NC(=O)OC(C)(C)C)C(=O)Oc1cc2oc(=O)cc(CC)c2cc1Cl. The van der Waals surface area contributed by atoms with E-state index in [0.29, 0.717) is 24.6 Å². The molecule has 1 atom stereocenters. The third kappa shape index (κ3) is 6.22. The molecule has 0 radical (unpaired) electrons. The van der Waals surface area contributed by atoms with Crippen LogP contribution in [-0.4, -0.2) is 23.7 Å². The van der Waals surface area contributed by atoms with E-state index in [-0.39, 0.29) is 16.4 Å². The van der Waals surface area contributed by atoms with E-state index in [9.17, 15) is 14.4 Å². The number of aryl methyl sites for hydroxylation is 1. The molecule has 0 bridgehead atoms. The molecule has 0 saturated heterocycles. The topological polar surface area (TPSA) is 94.8 Å². The van der Waals surface area contributed by atoms with Crippen molar-refractivity contribution in [3.05, 3.63) is 39.2 Å². The van der Waals surface area contributed by atoms with Crippen molar-refractivity contribution in [1.29, 1.82) is 0 Å². The van der Waals surface area contributed by atoms with Gasteiger partial charge in [-0.25, -0.2) is 14.4 Å². The minimum atomic E-state index is -0.907. The molecule has 2 rings (SSSR count). The number of halogens is 1. The van der Waals surface area contributed by atoms with Crippen LogP contribution in [0.3, 0.4) is 0 Å². The monoisotopic (exact) mass is 423 g/mol. The number of carbonyl (C=O) groups is 2. The van der Waals surface area contributed by atoms with Crippen molar-refractivity contribution in [2.75, 3.05) is 0 Å². The quantitative estimate of drug-likeness (QED) is 0.414. The molecule has 158 valence electrons. The Morgan fingerprint density at radius 3 is 2.48 bits per heavy atom. The van der Waals surface area contributed by atoms with Gasteiger partial charge in [0, 0.05) is 17.5 Å². The molecule has 2 aromatic rings. The molecule has 1 aromatic carbocycles. The van der Waals surface area contributed by atoms with Gasteiger partial charge in [0.2, 0.25) is 0 Å². The molecule has 29 heavy (non-hydrogen) atoms. The highest BCUT2D eigenvalue weighted by Crippen LogP contribution is 2.31. The van der Waals surface area contributed by atoms with Gasteiger partial charge in [0.05, 0.1) is 5.02 Å². The van der Waals surface area contributed by atoms with Crippen LogP contribution in [0.15, 0.2) is 27.4 Å². The Balaban J connectivity index is 2.26. The highest BCUT2D eigenvalue weighted by molar-refractivity contribution is 6.33. The van der Waals surface area contributed by atoms with Gasteiger partial charge in [-0.05, 0) is 45.2 Å². The summed E-state index contributed by atoms with van der Waals surface area (Å²) in [5.74, 6) is -0.638. The van der Waals surface area contributed by atoms with Gasteiger partial charge in [-0.1, -0.05) is 31.9 Å². The van der Waals surface area contributed by atoms with Crippen LogP contribution in [0.4, 0.5) is 4.79 Å². The molecule has 0 aliphatic carbocycles. The maximum atomic E-state index is 12.6. The molecule has 1 heterocycles. The number of nitrogens with one attached hydrogen (secondary N) is 1. The second-order valence-electron chi connectivity index (χ2n) is 7.63. The summed E-state index contributed by atoms with van der Waals surface area (Å²) in [6.45, 7) is 8.97. The van der Waals surface area contributed by atoms with E-state index in [4.69, 9.17) is 25.5 Å². The Bertz CT molecular complexity index is 960. The fraction of sp³-hybridized carbons (Fsp3) is 0.476. The van der Waals surface area contributed by atoms with Crippen molar-refractivity contribution in [2.45, 2.75) is 65.5 Å². The Kier molecular flexibility index (Phi) is 7.30. The number of rotatable bonds is 6. The summed E-state index contributed by atoms with van der Waals surface area (Å²) in [7, 11) is 0. The van der Waals surface area contributed by atoms with Crippen LogP contribution in [0.5, 0.6) is 5.75 Å². The first kappa shape index (κ1) is 22.7. The number of hydrogen-bond acceptors (Lipinski definition) is 6. The fourth-order valence-electron chi connectivity index (χ4n) is 2.77. The molecule has 8 heteroatoms. The first-order valence-electron chi connectivity index (χ1n) is 9.51. The molecule has 7 nitrogen and oxygen atoms in total. The van der Waals surface area contributed by atoms with Crippen molar-refractivity contribution < 1.29 is 23.5 Å². The number of esters is 1. The molecular weight excluding hydrogens is 398 g/mol. The van der Waals surface area contributed by atoms with Crippen LogP contribution >= 0.6 is 11.6 Å². The number of benzene rings is 1.